The molecule has 0 aliphatic rings. The van der Waals surface area contributed by atoms with Crippen LogP contribution in [0.15, 0.2) is 34.1 Å². The summed E-state index contributed by atoms with van der Waals surface area (Å²) in [6, 6.07) is 7.67. The van der Waals surface area contributed by atoms with E-state index in [1.165, 1.54) is 0 Å². The van der Waals surface area contributed by atoms with Crippen LogP contribution in [0.5, 0.6) is 0 Å². The lowest BCUT2D eigenvalue weighted by Crippen LogP contribution is -2.00. The van der Waals surface area contributed by atoms with Crippen LogP contribution in [0, 0.1) is 0 Å². The highest BCUT2D eigenvalue weighted by molar-refractivity contribution is 9.10. The number of nitrogens with one attached hydrogen (secondary N) is 2. The second kappa shape index (κ2) is 5.55. The number of aromatic nitrogens is 2. The number of hydrogen-bond acceptors (Lipinski definition) is 5. The molecule has 0 aliphatic carbocycles. The van der Waals surface area contributed by atoms with Gasteiger partial charge >= 0.3 is 0 Å². The summed E-state index contributed by atoms with van der Waals surface area (Å²) < 4.78 is 0.841. The highest BCUT2D eigenvalue weighted by Crippen LogP contribution is 2.31. The number of anilines is 3. The lowest BCUT2D eigenvalue weighted by molar-refractivity contribution is 1.20. The molecule has 4 nitrogen and oxygen atoms in total. The maximum absolute atomic E-state index is 6.00. The molecular formula is C13H10BrClN4S. The normalized spacial score (nSPS) is 10.8. The molecule has 2 aromatic heterocycles. The Morgan fingerprint density at radius 3 is 2.85 bits per heavy atom. The quantitative estimate of drug-likeness (QED) is 0.690. The zero-order chi connectivity index (χ0) is 14.1. The molecule has 0 spiro atoms. The van der Waals surface area contributed by atoms with Crippen LogP contribution < -0.4 is 10.6 Å². The van der Waals surface area contributed by atoms with Gasteiger partial charge in [0.1, 0.15) is 10.6 Å². The molecular weight excluding hydrogens is 360 g/mol. The minimum Gasteiger partial charge on any atom is -0.357 e. The minimum atomic E-state index is 0.593. The van der Waals surface area contributed by atoms with Gasteiger partial charge in [-0.1, -0.05) is 11.6 Å². The van der Waals surface area contributed by atoms with Crippen molar-refractivity contribution in [2.24, 2.45) is 0 Å². The van der Waals surface area contributed by atoms with Gasteiger partial charge in [-0.25, -0.2) is 4.98 Å². The predicted octanol–water partition coefficient (Wildman–Crippen LogP) is 4.89. The van der Waals surface area contributed by atoms with Crippen molar-refractivity contribution in [1.82, 2.24) is 9.97 Å². The summed E-state index contributed by atoms with van der Waals surface area (Å²) >= 11 is 11.0. The van der Waals surface area contributed by atoms with Crippen LogP contribution in [-0.2, 0) is 0 Å². The first-order chi connectivity index (χ1) is 9.67. The largest absolute Gasteiger partial charge is 0.357 e. The second-order valence-electron chi connectivity index (χ2n) is 4.04. The van der Waals surface area contributed by atoms with Gasteiger partial charge < -0.3 is 10.6 Å². The first-order valence-electron chi connectivity index (χ1n) is 5.82. The van der Waals surface area contributed by atoms with Crippen molar-refractivity contribution in [3.05, 3.63) is 39.1 Å². The van der Waals surface area contributed by atoms with E-state index in [4.69, 9.17) is 11.6 Å². The van der Waals surface area contributed by atoms with Gasteiger partial charge in [0, 0.05) is 17.2 Å². The van der Waals surface area contributed by atoms with Crippen LogP contribution in [0.4, 0.5) is 17.5 Å². The Labute approximate surface area is 133 Å². The SMILES string of the molecule is CNc1nc(Nc2ccc(Cl)c(Br)c2)c2ccsc2n1. The van der Waals surface area contributed by atoms with E-state index in [1.807, 2.05) is 29.6 Å². The summed E-state index contributed by atoms with van der Waals surface area (Å²) in [7, 11) is 1.80. The van der Waals surface area contributed by atoms with E-state index in [0.717, 1.165) is 26.2 Å². The van der Waals surface area contributed by atoms with E-state index < -0.39 is 0 Å². The van der Waals surface area contributed by atoms with Gasteiger partial charge in [-0.3, -0.25) is 0 Å². The molecule has 102 valence electrons. The number of nitrogens with zero attached hydrogens (tertiary/aromatic N) is 2. The van der Waals surface area contributed by atoms with E-state index >= 15 is 0 Å². The third-order valence-corrected chi connectivity index (χ3v) is 4.75. The van der Waals surface area contributed by atoms with Crippen molar-refractivity contribution in [2.45, 2.75) is 0 Å². The molecule has 0 fully saturated rings. The summed E-state index contributed by atoms with van der Waals surface area (Å²) in [6.45, 7) is 0. The molecule has 0 atom stereocenters. The predicted molar refractivity (Wildman–Crippen MR) is 89.4 cm³/mol. The van der Waals surface area contributed by atoms with Crippen molar-refractivity contribution in [2.75, 3.05) is 17.7 Å². The van der Waals surface area contributed by atoms with Gasteiger partial charge in [-0.05, 0) is 45.6 Å². The van der Waals surface area contributed by atoms with Crippen molar-refractivity contribution >= 4 is 66.5 Å². The molecule has 0 bridgehead atoms. The van der Waals surface area contributed by atoms with Gasteiger partial charge in [-0.15, -0.1) is 11.3 Å². The van der Waals surface area contributed by atoms with Gasteiger partial charge in [0.15, 0.2) is 0 Å². The summed E-state index contributed by atoms with van der Waals surface area (Å²) in [4.78, 5) is 9.82. The van der Waals surface area contributed by atoms with E-state index in [9.17, 15) is 0 Å². The van der Waals surface area contributed by atoms with Gasteiger partial charge in [0.2, 0.25) is 5.95 Å². The molecule has 0 saturated carbocycles. The average Bonchev–Trinajstić information content (AvgIpc) is 2.91. The molecule has 1 aromatic carbocycles. The zero-order valence-corrected chi connectivity index (χ0v) is 13.6. The smallest absolute Gasteiger partial charge is 0.225 e. The first-order valence-corrected chi connectivity index (χ1v) is 7.87. The second-order valence-corrected chi connectivity index (χ2v) is 6.20. The van der Waals surface area contributed by atoms with Crippen LogP contribution in [0.2, 0.25) is 5.02 Å². The minimum absolute atomic E-state index is 0.593. The highest BCUT2D eigenvalue weighted by atomic mass is 79.9. The fourth-order valence-electron chi connectivity index (χ4n) is 1.77. The third-order valence-electron chi connectivity index (χ3n) is 2.73. The Morgan fingerprint density at radius 2 is 2.10 bits per heavy atom. The molecule has 7 heteroatoms. The lowest BCUT2D eigenvalue weighted by atomic mass is 10.3. The van der Waals surface area contributed by atoms with Gasteiger partial charge in [0.25, 0.3) is 0 Å². The number of benzene rings is 1. The maximum Gasteiger partial charge on any atom is 0.225 e. The summed E-state index contributed by atoms with van der Waals surface area (Å²) in [5, 5.41) is 9.95. The number of halogens is 2. The number of hydrogen-bond donors (Lipinski definition) is 2. The fourth-order valence-corrected chi connectivity index (χ4v) is 3.03. The van der Waals surface area contributed by atoms with Crippen LogP contribution in [0.3, 0.4) is 0 Å². The molecule has 2 N–H and O–H groups in total. The van der Waals surface area contributed by atoms with Crippen LogP contribution in [0.25, 0.3) is 10.2 Å². The molecule has 3 rings (SSSR count). The number of fused-ring (bicyclic) bond motifs is 1. The van der Waals surface area contributed by atoms with E-state index in [-0.39, 0.29) is 0 Å². The fraction of sp³-hybridized carbons (Fsp3) is 0.0769. The molecule has 0 saturated heterocycles. The van der Waals surface area contributed by atoms with Gasteiger partial charge in [0.05, 0.1) is 10.4 Å². The van der Waals surface area contributed by atoms with E-state index in [1.54, 1.807) is 18.4 Å². The number of rotatable bonds is 3. The van der Waals surface area contributed by atoms with Crippen LogP contribution in [-0.4, -0.2) is 17.0 Å². The van der Waals surface area contributed by atoms with E-state index in [2.05, 4.69) is 36.5 Å². The van der Waals surface area contributed by atoms with Crippen molar-refractivity contribution in [1.29, 1.82) is 0 Å². The maximum atomic E-state index is 6.00. The summed E-state index contributed by atoms with van der Waals surface area (Å²) in [6.07, 6.45) is 0. The summed E-state index contributed by atoms with van der Waals surface area (Å²) in [5.74, 6) is 1.37. The Hall–Kier alpha value is -1.37. The Balaban J connectivity index is 2.04. The molecule has 0 aliphatic heterocycles. The third kappa shape index (κ3) is 2.59. The Kier molecular flexibility index (Phi) is 3.78. The van der Waals surface area contributed by atoms with Crippen molar-refractivity contribution in [3.8, 4) is 0 Å². The van der Waals surface area contributed by atoms with Crippen LogP contribution in [0.1, 0.15) is 0 Å². The molecule has 20 heavy (non-hydrogen) atoms. The zero-order valence-electron chi connectivity index (χ0n) is 10.4. The monoisotopic (exact) mass is 368 g/mol. The molecule has 3 aromatic rings. The molecule has 0 radical (unpaired) electrons. The lowest BCUT2D eigenvalue weighted by Gasteiger charge is -2.09. The first kappa shape index (κ1) is 13.6. The summed E-state index contributed by atoms with van der Waals surface area (Å²) in [5.41, 5.74) is 0.912. The topological polar surface area (TPSA) is 49.8 Å². The standard InChI is InChI=1S/C13H10BrClN4S/c1-16-13-18-11(8-4-5-20-12(8)19-13)17-7-2-3-10(15)9(14)6-7/h2-6H,1H3,(H2,16,17,18,19). The Bertz CT molecular complexity index is 774. The van der Waals surface area contributed by atoms with Gasteiger partial charge in [-0.2, -0.15) is 4.98 Å². The molecule has 0 amide bonds. The molecule has 0 unspecified atom stereocenters. The van der Waals surface area contributed by atoms with Crippen molar-refractivity contribution in [3.63, 3.8) is 0 Å². The Morgan fingerprint density at radius 1 is 1.25 bits per heavy atom. The number of thiophene rings is 1. The highest BCUT2D eigenvalue weighted by Gasteiger charge is 2.09. The van der Waals surface area contributed by atoms with Crippen LogP contribution >= 0.6 is 38.9 Å². The van der Waals surface area contributed by atoms with E-state index in [0.29, 0.717) is 11.0 Å². The molecule has 2 heterocycles. The van der Waals surface area contributed by atoms with Crippen molar-refractivity contribution < 1.29 is 0 Å². The average molecular weight is 370 g/mol.